The Morgan fingerprint density at radius 1 is 1.15 bits per heavy atom. The summed E-state index contributed by atoms with van der Waals surface area (Å²) in [5.41, 5.74) is 3.51. The molecule has 2 aromatic rings. The molecule has 0 aliphatic carbocycles. The van der Waals surface area contributed by atoms with Gasteiger partial charge in [0, 0.05) is 17.2 Å². The number of rotatable bonds is 4. The van der Waals surface area contributed by atoms with Gasteiger partial charge in [-0.2, -0.15) is 0 Å². The van der Waals surface area contributed by atoms with E-state index in [2.05, 4.69) is 5.43 Å². The molecule has 1 unspecified atom stereocenters. The molecule has 20 heavy (non-hydrogen) atoms. The van der Waals surface area contributed by atoms with Gasteiger partial charge >= 0.3 is 0 Å². The van der Waals surface area contributed by atoms with Crippen LogP contribution in [0.4, 0.5) is 8.78 Å². The number of halogens is 2. The van der Waals surface area contributed by atoms with E-state index in [1.54, 1.807) is 31.2 Å². The number of hydrazine groups is 1. The van der Waals surface area contributed by atoms with E-state index in [4.69, 9.17) is 10.6 Å². The number of methoxy groups -OCH3 is 1. The first kappa shape index (κ1) is 14.4. The molecule has 0 fully saturated rings. The van der Waals surface area contributed by atoms with Gasteiger partial charge in [0.05, 0.1) is 13.2 Å². The van der Waals surface area contributed by atoms with E-state index >= 15 is 0 Å². The van der Waals surface area contributed by atoms with E-state index in [1.165, 1.54) is 19.2 Å². The fraction of sp³-hybridized carbons (Fsp3) is 0.200. The number of nitrogens with one attached hydrogen (secondary N) is 1. The zero-order valence-electron chi connectivity index (χ0n) is 11.3. The summed E-state index contributed by atoms with van der Waals surface area (Å²) >= 11 is 0. The van der Waals surface area contributed by atoms with Crippen LogP contribution in [0, 0.1) is 18.6 Å². The van der Waals surface area contributed by atoms with E-state index < -0.39 is 17.7 Å². The molecule has 0 heterocycles. The Morgan fingerprint density at radius 3 is 2.50 bits per heavy atom. The number of nitrogens with two attached hydrogens (primary N) is 1. The van der Waals surface area contributed by atoms with Crippen LogP contribution >= 0.6 is 0 Å². The molecule has 2 aromatic carbocycles. The standard InChI is InChI=1S/C15H16F2N2O/c1-9-4-3-5-12(14(9)17)15(19-18)11-7-6-10(20-2)8-13(11)16/h3-8,15,19H,18H2,1-2H3. The summed E-state index contributed by atoms with van der Waals surface area (Å²) in [5, 5.41) is 0. The first-order chi connectivity index (χ1) is 9.58. The first-order valence-electron chi connectivity index (χ1n) is 6.13. The zero-order valence-corrected chi connectivity index (χ0v) is 11.3. The molecule has 106 valence electrons. The molecular formula is C15H16F2N2O. The zero-order chi connectivity index (χ0) is 14.7. The van der Waals surface area contributed by atoms with Gasteiger partial charge in [0.1, 0.15) is 17.4 Å². The van der Waals surface area contributed by atoms with Crippen molar-refractivity contribution in [2.24, 2.45) is 5.84 Å². The van der Waals surface area contributed by atoms with Gasteiger partial charge in [0.2, 0.25) is 0 Å². The first-order valence-corrected chi connectivity index (χ1v) is 6.13. The van der Waals surface area contributed by atoms with Crippen LogP contribution in [0.15, 0.2) is 36.4 Å². The fourth-order valence-corrected chi connectivity index (χ4v) is 2.11. The van der Waals surface area contributed by atoms with E-state index in [-0.39, 0.29) is 5.56 Å². The molecule has 3 nitrogen and oxygen atoms in total. The lowest BCUT2D eigenvalue weighted by Crippen LogP contribution is -2.30. The van der Waals surface area contributed by atoms with Crippen LogP contribution in [-0.2, 0) is 0 Å². The van der Waals surface area contributed by atoms with Crippen molar-refractivity contribution >= 4 is 0 Å². The van der Waals surface area contributed by atoms with Crippen molar-refractivity contribution in [3.8, 4) is 5.75 Å². The molecule has 0 aliphatic heterocycles. The molecular weight excluding hydrogens is 262 g/mol. The van der Waals surface area contributed by atoms with Crippen LogP contribution in [0.5, 0.6) is 5.75 Å². The van der Waals surface area contributed by atoms with Gasteiger partial charge in [-0.25, -0.2) is 14.2 Å². The Morgan fingerprint density at radius 2 is 1.90 bits per heavy atom. The minimum atomic E-state index is -0.763. The highest BCUT2D eigenvalue weighted by Gasteiger charge is 2.21. The summed E-state index contributed by atoms with van der Waals surface area (Å²) in [6.45, 7) is 1.65. The SMILES string of the molecule is COc1ccc(C(NN)c2cccc(C)c2F)c(F)c1. The van der Waals surface area contributed by atoms with Crippen molar-refractivity contribution in [3.05, 3.63) is 64.7 Å². The smallest absolute Gasteiger partial charge is 0.132 e. The Hall–Kier alpha value is -1.98. The molecule has 3 N–H and O–H groups in total. The molecule has 0 bridgehead atoms. The Labute approximate surface area is 116 Å². The second-order valence-electron chi connectivity index (χ2n) is 4.47. The average molecular weight is 278 g/mol. The summed E-state index contributed by atoms with van der Waals surface area (Å²) in [7, 11) is 1.45. The van der Waals surface area contributed by atoms with Crippen LogP contribution in [-0.4, -0.2) is 7.11 Å². The largest absolute Gasteiger partial charge is 0.497 e. The molecule has 0 saturated heterocycles. The van der Waals surface area contributed by atoms with Crippen LogP contribution in [0.3, 0.4) is 0 Å². The van der Waals surface area contributed by atoms with Gasteiger partial charge < -0.3 is 4.74 Å². The van der Waals surface area contributed by atoms with E-state index in [0.29, 0.717) is 16.9 Å². The second-order valence-corrected chi connectivity index (χ2v) is 4.47. The average Bonchev–Trinajstić information content (AvgIpc) is 2.45. The molecule has 1 atom stereocenters. The second kappa shape index (κ2) is 5.98. The third kappa shape index (κ3) is 2.64. The van der Waals surface area contributed by atoms with Crippen molar-refractivity contribution in [1.82, 2.24) is 5.43 Å². The summed E-state index contributed by atoms with van der Waals surface area (Å²) in [5.74, 6) is 4.97. The maximum Gasteiger partial charge on any atom is 0.132 e. The Balaban J connectivity index is 2.50. The van der Waals surface area contributed by atoms with Crippen LogP contribution in [0.1, 0.15) is 22.7 Å². The van der Waals surface area contributed by atoms with Crippen molar-refractivity contribution in [2.75, 3.05) is 7.11 Å². The Kier molecular flexibility index (Phi) is 4.32. The third-order valence-corrected chi connectivity index (χ3v) is 3.22. The van der Waals surface area contributed by atoms with Crippen molar-refractivity contribution < 1.29 is 13.5 Å². The summed E-state index contributed by atoms with van der Waals surface area (Å²) in [4.78, 5) is 0. The molecule has 2 rings (SSSR count). The van der Waals surface area contributed by atoms with Gasteiger partial charge in [-0.15, -0.1) is 0 Å². The van der Waals surface area contributed by atoms with Crippen LogP contribution in [0.25, 0.3) is 0 Å². The van der Waals surface area contributed by atoms with Gasteiger partial charge in [-0.3, -0.25) is 5.84 Å². The number of hydrogen-bond donors (Lipinski definition) is 2. The maximum atomic E-state index is 14.2. The molecule has 0 aromatic heterocycles. The van der Waals surface area contributed by atoms with Crippen molar-refractivity contribution in [2.45, 2.75) is 13.0 Å². The van der Waals surface area contributed by atoms with Gasteiger partial charge in [-0.05, 0) is 18.6 Å². The highest BCUT2D eigenvalue weighted by atomic mass is 19.1. The predicted octanol–water partition coefficient (Wildman–Crippen LogP) is 2.83. The van der Waals surface area contributed by atoms with E-state index in [0.717, 1.165) is 0 Å². The lowest BCUT2D eigenvalue weighted by molar-refractivity contribution is 0.410. The van der Waals surface area contributed by atoms with Gasteiger partial charge in [0.15, 0.2) is 0 Å². The third-order valence-electron chi connectivity index (χ3n) is 3.22. The molecule has 0 amide bonds. The minimum absolute atomic E-state index is 0.262. The number of ether oxygens (including phenoxy) is 1. The van der Waals surface area contributed by atoms with Crippen molar-refractivity contribution in [3.63, 3.8) is 0 Å². The fourth-order valence-electron chi connectivity index (χ4n) is 2.11. The topological polar surface area (TPSA) is 47.3 Å². The monoisotopic (exact) mass is 278 g/mol. The van der Waals surface area contributed by atoms with Gasteiger partial charge in [0.25, 0.3) is 0 Å². The number of benzene rings is 2. The summed E-state index contributed by atoms with van der Waals surface area (Å²) in [6.07, 6.45) is 0. The molecule has 0 radical (unpaired) electrons. The van der Waals surface area contributed by atoms with Gasteiger partial charge in [-0.1, -0.05) is 24.3 Å². The Bertz CT molecular complexity index is 617. The van der Waals surface area contributed by atoms with Crippen LogP contribution in [0.2, 0.25) is 0 Å². The van der Waals surface area contributed by atoms with E-state index in [1.807, 2.05) is 0 Å². The molecule has 0 saturated carbocycles. The number of hydrogen-bond acceptors (Lipinski definition) is 3. The quantitative estimate of drug-likeness (QED) is 0.668. The lowest BCUT2D eigenvalue weighted by Gasteiger charge is -2.19. The predicted molar refractivity (Wildman–Crippen MR) is 73.3 cm³/mol. The highest BCUT2D eigenvalue weighted by Crippen LogP contribution is 2.29. The molecule has 5 heteroatoms. The number of aryl methyl sites for hydroxylation is 1. The maximum absolute atomic E-state index is 14.2. The van der Waals surface area contributed by atoms with Crippen molar-refractivity contribution in [1.29, 1.82) is 0 Å². The normalized spacial score (nSPS) is 12.2. The highest BCUT2D eigenvalue weighted by molar-refractivity contribution is 5.38. The minimum Gasteiger partial charge on any atom is -0.497 e. The molecule has 0 aliphatic rings. The van der Waals surface area contributed by atoms with E-state index in [9.17, 15) is 8.78 Å². The van der Waals surface area contributed by atoms with Crippen LogP contribution < -0.4 is 16.0 Å². The molecule has 0 spiro atoms. The summed E-state index contributed by atoms with van der Waals surface area (Å²) < 4.78 is 33.2. The lowest BCUT2D eigenvalue weighted by atomic mass is 9.96. The summed E-state index contributed by atoms with van der Waals surface area (Å²) in [6, 6.07) is 8.55.